The van der Waals surface area contributed by atoms with Gasteiger partial charge in [-0.1, -0.05) is 61.9 Å². The largest absolute Gasteiger partial charge is 0.374 e. The molecule has 38 heavy (non-hydrogen) atoms. The van der Waals surface area contributed by atoms with Crippen LogP contribution in [0.3, 0.4) is 0 Å². The molecule has 0 amide bonds. The molecule has 1 atom stereocenters. The molecular weight excluding hydrogens is 478 g/mol. The van der Waals surface area contributed by atoms with Gasteiger partial charge in [0.2, 0.25) is 11.8 Å². The zero-order valence-electron chi connectivity index (χ0n) is 21.9. The number of nitrogens with zero attached hydrogens (tertiary/aromatic N) is 6. The standard InChI is InChI=1S/C29H31N7O2/c1-4-5-8-22-15-19(2)36(29-30-17-23(38-3)18-31-29)28(37)26(22)16-20-11-13-21(14-12-20)24-9-6-7-10-25(24)27-32-34-35-33-27/h6-7,9-15,17,23H,4-5,8,16,18H2,1-3H3,(H,32,33,34,35). The van der Waals surface area contributed by atoms with Crippen molar-refractivity contribution >= 4 is 12.2 Å². The summed E-state index contributed by atoms with van der Waals surface area (Å²) in [6, 6.07) is 18.4. The summed E-state index contributed by atoms with van der Waals surface area (Å²) in [5.74, 6) is 0.966. The topological polar surface area (TPSA) is 110 Å². The van der Waals surface area contributed by atoms with Gasteiger partial charge in [-0.05, 0) is 53.3 Å². The number of aromatic amines is 1. The monoisotopic (exact) mass is 509 g/mol. The molecule has 1 N–H and O–H groups in total. The lowest BCUT2D eigenvalue weighted by atomic mass is 9.94. The van der Waals surface area contributed by atoms with E-state index in [-0.39, 0.29) is 11.7 Å². The number of ether oxygens (including phenoxy) is 1. The third kappa shape index (κ3) is 5.24. The van der Waals surface area contributed by atoms with Crippen LogP contribution >= 0.6 is 0 Å². The van der Waals surface area contributed by atoms with Gasteiger partial charge in [-0.3, -0.25) is 4.79 Å². The highest BCUT2D eigenvalue weighted by atomic mass is 16.5. The molecule has 0 radical (unpaired) electrons. The van der Waals surface area contributed by atoms with E-state index in [1.165, 1.54) is 0 Å². The third-order valence-corrected chi connectivity index (χ3v) is 6.82. The second kappa shape index (κ2) is 11.4. The van der Waals surface area contributed by atoms with E-state index in [0.717, 1.165) is 58.3 Å². The molecule has 9 nitrogen and oxygen atoms in total. The maximum Gasteiger partial charge on any atom is 0.261 e. The number of aliphatic imine (C=N–C) groups is 2. The van der Waals surface area contributed by atoms with E-state index in [1.54, 1.807) is 17.9 Å². The van der Waals surface area contributed by atoms with E-state index >= 15 is 0 Å². The molecule has 0 saturated heterocycles. The van der Waals surface area contributed by atoms with Gasteiger partial charge in [0.15, 0.2) is 0 Å². The molecule has 0 aliphatic carbocycles. The summed E-state index contributed by atoms with van der Waals surface area (Å²) >= 11 is 0. The predicted molar refractivity (Wildman–Crippen MR) is 149 cm³/mol. The van der Waals surface area contributed by atoms with E-state index in [9.17, 15) is 4.79 Å². The van der Waals surface area contributed by atoms with Gasteiger partial charge < -0.3 is 4.74 Å². The van der Waals surface area contributed by atoms with Gasteiger partial charge in [-0.25, -0.2) is 14.6 Å². The number of rotatable bonds is 8. The normalized spacial score (nSPS) is 15.0. The van der Waals surface area contributed by atoms with Crippen molar-refractivity contribution in [1.82, 2.24) is 25.2 Å². The number of H-pyrrole nitrogens is 1. The summed E-state index contributed by atoms with van der Waals surface area (Å²) in [5, 5.41) is 14.5. The van der Waals surface area contributed by atoms with Crippen LogP contribution in [0.15, 0.2) is 69.4 Å². The summed E-state index contributed by atoms with van der Waals surface area (Å²) in [6.07, 6.45) is 5.02. The first-order valence-corrected chi connectivity index (χ1v) is 12.9. The highest BCUT2D eigenvalue weighted by Crippen LogP contribution is 2.30. The van der Waals surface area contributed by atoms with Gasteiger partial charge in [0.1, 0.15) is 6.10 Å². The van der Waals surface area contributed by atoms with Gasteiger partial charge in [-0.2, -0.15) is 5.21 Å². The van der Waals surface area contributed by atoms with Gasteiger partial charge in [0.25, 0.3) is 5.56 Å². The first-order valence-electron chi connectivity index (χ1n) is 12.9. The number of benzene rings is 2. The zero-order valence-corrected chi connectivity index (χ0v) is 21.9. The lowest BCUT2D eigenvalue weighted by Gasteiger charge is -2.19. The quantitative estimate of drug-likeness (QED) is 0.382. The van der Waals surface area contributed by atoms with E-state index in [1.807, 2.05) is 31.2 Å². The van der Waals surface area contributed by atoms with Crippen LogP contribution in [0.25, 0.3) is 22.5 Å². The zero-order chi connectivity index (χ0) is 26.5. The lowest BCUT2D eigenvalue weighted by Crippen LogP contribution is -2.35. The van der Waals surface area contributed by atoms with Crippen LogP contribution in [0.2, 0.25) is 0 Å². The van der Waals surface area contributed by atoms with Crippen LogP contribution in [-0.4, -0.2) is 57.1 Å². The number of hydrogen-bond acceptors (Lipinski definition) is 7. The van der Waals surface area contributed by atoms with E-state index in [2.05, 4.69) is 67.9 Å². The summed E-state index contributed by atoms with van der Waals surface area (Å²) in [4.78, 5) is 22.8. The first kappa shape index (κ1) is 25.4. The fourth-order valence-corrected chi connectivity index (χ4v) is 4.75. The molecule has 9 heteroatoms. The maximum atomic E-state index is 13.8. The highest BCUT2D eigenvalue weighted by Gasteiger charge is 2.19. The molecule has 1 aliphatic heterocycles. The molecule has 0 bridgehead atoms. The Hall–Kier alpha value is -4.24. The molecule has 1 unspecified atom stereocenters. The van der Waals surface area contributed by atoms with Crippen molar-refractivity contribution in [2.45, 2.75) is 45.6 Å². The molecule has 0 spiro atoms. The van der Waals surface area contributed by atoms with Crippen molar-refractivity contribution in [3.05, 3.63) is 87.3 Å². The lowest BCUT2D eigenvalue weighted by molar-refractivity contribution is 0.165. The van der Waals surface area contributed by atoms with E-state index in [4.69, 9.17) is 4.74 Å². The number of aromatic nitrogens is 5. The van der Waals surface area contributed by atoms with Crippen LogP contribution in [0.5, 0.6) is 0 Å². The number of pyridine rings is 1. The third-order valence-electron chi connectivity index (χ3n) is 6.82. The Bertz CT molecular complexity index is 1520. The summed E-state index contributed by atoms with van der Waals surface area (Å²) in [6.45, 7) is 4.55. The molecule has 2 aromatic carbocycles. The molecule has 2 aromatic heterocycles. The maximum absolute atomic E-state index is 13.8. The van der Waals surface area contributed by atoms with Crippen molar-refractivity contribution < 1.29 is 4.74 Å². The number of aryl methyl sites for hydroxylation is 2. The summed E-state index contributed by atoms with van der Waals surface area (Å²) in [7, 11) is 1.63. The SMILES string of the molecule is CCCCc1cc(C)n(C2=NCC(OC)C=N2)c(=O)c1Cc1ccc(-c2ccccc2-c2nn[nH]n2)cc1. The Kier molecular flexibility index (Phi) is 7.65. The minimum atomic E-state index is -0.165. The summed E-state index contributed by atoms with van der Waals surface area (Å²) < 4.78 is 6.94. The van der Waals surface area contributed by atoms with Crippen molar-refractivity contribution in [1.29, 1.82) is 0 Å². The van der Waals surface area contributed by atoms with Gasteiger partial charge >= 0.3 is 0 Å². The van der Waals surface area contributed by atoms with Gasteiger partial charge in [0, 0.05) is 36.6 Å². The Morgan fingerprint density at radius 2 is 1.89 bits per heavy atom. The number of methoxy groups -OCH3 is 1. The summed E-state index contributed by atoms with van der Waals surface area (Å²) in [5.41, 5.74) is 6.68. The number of hydrogen-bond donors (Lipinski definition) is 1. The number of tetrazole rings is 1. The van der Waals surface area contributed by atoms with Crippen molar-refractivity contribution in [3.8, 4) is 22.5 Å². The molecule has 1 aliphatic rings. The van der Waals surface area contributed by atoms with E-state index < -0.39 is 0 Å². The smallest absolute Gasteiger partial charge is 0.261 e. The molecular formula is C29H31N7O2. The van der Waals surface area contributed by atoms with Crippen LogP contribution in [-0.2, 0) is 17.6 Å². The van der Waals surface area contributed by atoms with Gasteiger partial charge in [0.05, 0.1) is 6.54 Å². The minimum Gasteiger partial charge on any atom is -0.374 e. The predicted octanol–water partition coefficient (Wildman–Crippen LogP) is 4.24. The molecule has 5 rings (SSSR count). The average molecular weight is 510 g/mol. The van der Waals surface area contributed by atoms with Crippen LogP contribution in [0.1, 0.15) is 42.1 Å². The minimum absolute atomic E-state index is 0.0607. The Balaban J connectivity index is 1.49. The van der Waals surface area contributed by atoms with Crippen molar-refractivity contribution in [2.24, 2.45) is 9.98 Å². The second-order valence-electron chi connectivity index (χ2n) is 9.38. The fourth-order valence-electron chi connectivity index (χ4n) is 4.75. The Morgan fingerprint density at radius 3 is 2.55 bits per heavy atom. The molecule has 3 heterocycles. The van der Waals surface area contributed by atoms with E-state index in [0.29, 0.717) is 24.7 Å². The number of unbranched alkanes of at least 4 members (excludes halogenated alkanes) is 1. The van der Waals surface area contributed by atoms with Crippen molar-refractivity contribution in [3.63, 3.8) is 0 Å². The second-order valence-corrected chi connectivity index (χ2v) is 9.38. The molecule has 4 aromatic rings. The Morgan fingerprint density at radius 1 is 1.11 bits per heavy atom. The van der Waals surface area contributed by atoms with Crippen molar-refractivity contribution in [2.75, 3.05) is 13.7 Å². The number of nitrogens with one attached hydrogen (secondary N) is 1. The van der Waals surface area contributed by atoms with Crippen LogP contribution in [0.4, 0.5) is 0 Å². The molecule has 0 fully saturated rings. The molecule has 194 valence electrons. The highest BCUT2D eigenvalue weighted by molar-refractivity contribution is 5.92. The van der Waals surface area contributed by atoms with Crippen LogP contribution < -0.4 is 5.56 Å². The Labute approximate surface area is 221 Å². The molecule has 0 saturated carbocycles. The average Bonchev–Trinajstić information content (AvgIpc) is 3.49. The van der Waals surface area contributed by atoms with Crippen LogP contribution in [0, 0.1) is 6.92 Å². The fraction of sp³-hybridized carbons (Fsp3) is 0.310. The first-order chi connectivity index (χ1) is 18.6. The van der Waals surface area contributed by atoms with Gasteiger partial charge in [-0.15, -0.1) is 10.2 Å².